The number of nitrogens with two attached hydrogens (primary N) is 1. The summed E-state index contributed by atoms with van der Waals surface area (Å²) < 4.78 is 0. The Morgan fingerprint density at radius 3 is 2.40 bits per heavy atom. The molecule has 0 aliphatic rings. The maximum Gasteiger partial charge on any atom is 0.140 e. The summed E-state index contributed by atoms with van der Waals surface area (Å²) in [4.78, 5) is 0. The third kappa shape index (κ3) is 5.59. The van der Waals surface area contributed by atoms with Crippen LogP contribution in [0.1, 0.15) is 33.6 Å². The van der Waals surface area contributed by atoms with Gasteiger partial charge in [0.25, 0.3) is 0 Å². The van der Waals surface area contributed by atoms with Gasteiger partial charge in [0.2, 0.25) is 0 Å². The Labute approximate surface area is 91.4 Å². The summed E-state index contributed by atoms with van der Waals surface area (Å²) >= 11 is 0. The summed E-state index contributed by atoms with van der Waals surface area (Å²) in [6, 6.07) is 0.196. The second kappa shape index (κ2) is 7.48. The molecule has 0 heterocycles. The van der Waals surface area contributed by atoms with Crippen LogP contribution in [0.15, 0.2) is 5.16 Å². The van der Waals surface area contributed by atoms with E-state index in [9.17, 15) is 0 Å². The van der Waals surface area contributed by atoms with Crippen molar-refractivity contribution >= 4 is 5.84 Å². The van der Waals surface area contributed by atoms with Gasteiger partial charge in [0.05, 0.1) is 6.61 Å². The molecule has 5 N–H and O–H groups in total. The van der Waals surface area contributed by atoms with Crippen LogP contribution in [0.4, 0.5) is 0 Å². The van der Waals surface area contributed by atoms with Crippen LogP contribution >= 0.6 is 0 Å². The lowest BCUT2D eigenvalue weighted by Crippen LogP contribution is -2.45. The third-order valence-corrected chi connectivity index (χ3v) is 2.53. The van der Waals surface area contributed by atoms with E-state index in [4.69, 9.17) is 16.0 Å². The fourth-order valence-electron chi connectivity index (χ4n) is 1.37. The van der Waals surface area contributed by atoms with Crippen molar-refractivity contribution in [2.75, 3.05) is 6.61 Å². The van der Waals surface area contributed by atoms with Gasteiger partial charge in [-0.1, -0.05) is 25.9 Å². The number of aliphatic hydroxyl groups is 1. The first kappa shape index (κ1) is 14.2. The van der Waals surface area contributed by atoms with E-state index in [-0.39, 0.29) is 24.5 Å². The topological polar surface area (TPSA) is 90.9 Å². The van der Waals surface area contributed by atoms with E-state index in [1.165, 1.54) is 0 Å². The SMILES string of the molecule is CCC(CC(N)=NO)NC(CO)C(C)C. The third-order valence-electron chi connectivity index (χ3n) is 2.53. The predicted octanol–water partition coefficient (Wildman–Crippen LogP) is 0.508. The second-order valence-corrected chi connectivity index (χ2v) is 4.10. The summed E-state index contributed by atoms with van der Waals surface area (Å²) in [6.07, 6.45) is 1.37. The summed E-state index contributed by atoms with van der Waals surface area (Å²) in [7, 11) is 0. The molecule has 0 saturated heterocycles. The van der Waals surface area contributed by atoms with Crippen LogP contribution < -0.4 is 11.1 Å². The number of amidine groups is 1. The summed E-state index contributed by atoms with van der Waals surface area (Å²) in [5.74, 6) is 0.575. The second-order valence-electron chi connectivity index (χ2n) is 4.10. The van der Waals surface area contributed by atoms with Gasteiger partial charge in [0.1, 0.15) is 5.84 Å². The van der Waals surface area contributed by atoms with Gasteiger partial charge >= 0.3 is 0 Å². The van der Waals surface area contributed by atoms with Crippen LogP contribution in [0.25, 0.3) is 0 Å². The van der Waals surface area contributed by atoms with Gasteiger partial charge in [-0.2, -0.15) is 0 Å². The molecule has 0 fully saturated rings. The monoisotopic (exact) mass is 217 g/mol. The number of hydrogen-bond acceptors (Lipinski definition) is 4. The highest BCUT2D eigenvalue weighted by molar-refractivity contribution is 5.80. The minimum Gasteiger partial charge on any atom is -0.409 e. The van der Waals surface area contributed by atoms with Crippen molar-refractivity contribution in [3.05, 3.63) is 0 Å². The lowest BCUT2D eigenvalue weighted by atomic mass is 10.0. The standard InChI is InChI=1S/C10H23N3O2/c1-4-8(5-10(11)13-15)12-9(6-14)7(2)3/h7-9,12,14-15H,4-6H2,1-3H3,(H2,11,13). The normalized spacial score (nSPS) is 16.7. The first-order valence-electron chi connectivity index (χ1n) is 5.38. The summed E-state index contributed by atoms with van der Waals surface area (Å²) in [5.41, 5.74) is 5.44. The van der Waals surface area contributed by atoms with E-state index in [1.54, 1.807) is 0 Å². The molecule has 2 unspecified atom stereocenters. The van der Waals surface area contributed by atoms with Crippen molar-refractivity contribution in [1.82, 2.24) is 5.32 Å². The zero-order valence-corrected chi connectivity index (χ0v) is 9.77. The summed E-state index contributed by atoms with van der Waals surface area (Å²) in [5, 5.41) is 23.9. The highest BCUT2D eigenvalue weighted by Gasteiger charge is 2.17. The number of nitrogens with zero attached hydrogens (tertiary/aromatic N) is 1. The molecule has 0 spiro atoms. The zero-order chi connectivity index (χ0) is 11.8. The molecular weight excluding hydrogens is 194 g/mol. The molecule has 90 valence electrons. The number of nitrogens with one attached hydrogen (secondary N) is 1. The Morgan fingerprint density at radius 1 is 1.47 bits per heavy atom. The maximum atomic E-state index is 9.16. The van der Waals surface area contributed by atoms with E-state index >= 15 is 0 Å². The summed E-state index contributed by atoms with van der Waals surface area (Å²) in [6.45, 7) is 6.22. The molecule has 0 radical (unpaired) electrons. The molecule has 0 rings (SSSR count). The largest absolute Gasteiger partial charge is 0.409 e. The molecule has 0 aromatic carbocycles. The Hall–Kier alpha value is -0.810. The molecule has 0 bridgehead atoms. The Morgan fingerprint density at radius 2 is 2.07 bits per heavy atom. The quantitative estimate of drug-likeness (QED) is 0.216. The van der Waals surface area contributed by atoms with Crippen molar-refractivity contribution in [3.63, 3.8) is 0 Å². The van der Waals surface area contributed by atoms with E-state index < -0.39 is 0 Å². The van der Waals surface area contributed by atoms with Gasteiger partial charge in [-0.3, -0.25) is 0 Å². The highest BCUT2D eigenvalue weighted by atomic mass is 16.4. The predicted molar refractivity (Wildman–Crippen MR) is 61.0 cm³/mol. The molecule has 5 nitrogen and oxygen atoms in total. The first-order chi connectivity index (χ1) is 7.04. The van der Waals surface area contributed by atoms with Gasteiger partial charge in [-0.05, 0) is 12.3 Å². The zero-order valence-electron chi connectivity index (χ0n) is 9.77. The molecule has 0 aromatic rings. The average molecular weight is 217 g/mol. The van der Waals surface area contributed by atoms with Crippen molar-refractivity contribution in [3.8, 4) is 0 Å². The molecule has 15 heavy (non-hydrogen) atoms. The number of aliphatic hydroxyl groups excluding tert-OH is 1. The van der Waals surface area contributed by atoms with Crippen LogP contribution in [-0.4, -0.2) is 34.8 Å². The van der Waals surface area contributed by atoms with Gasteiger partial charge in [0, 0.05) is 18.5 Å². The Kier molecular flexibility index (Phi) is 7.07. The van der Waals surface area contributed by atoms with Crippen molar-refractivity contribution < 1.29 is 10.3 Å². The minimum atomic E-state index is 0.0569. The highest BCUT2D eigenvalue weighted by Crippen LogP contribution is 2.06. The van der Waals surface area contributed by atoms with E-state index in [1.807, 2.05) is 20.8 Å². The molecule has 0 aliphatic heterocycles. The lowest BCUT2D eigenvalue weighted by Gasteiger charge is -2.26. The minimum absolute atomic E-state index is 0.0569. The van der Waals surface area contributed by atoms with Crippen LogP contribution in [-0.2, 0) is 0 Å². The molecule has 5 heteroatoms. The first-order valence-corrected chi connectivity index (χ1v) is 5.38. The van der Waals surface area contributed by atoms with Crippen LogP contribution in [0, 0.1) is 5.92 Å². The molecule has 0 amide bonds. The van der Waals surface area contributed by atoms with Crippen molar-refractivity contribution in [2.45, 2.75) is 45.7 Å². The van der Waals surface area contributed by atoms with Gasteiger partial charge < -0.3 is 21.4 Å². The van der Waals surface area contributed by atoms with Crippen molar-refractivity contribution in [1.29, 1.82) is 0 Å². The lowest BCUT2D eigenvalue weighted by molar-refractivity contribution is 0.198. The Balaban J connectivity index is 4.18. The van der Waals surface area contributed by atoms with E-state index in [0.29, 0.717) is 12.3 Å². The van der Waals surface area contributed by atoms with Crippen LogP contribution in [0.2, 0.25) is 0 Å². The van der Waals surface area contributed by atoms with Crippen LogP contribution in [0.3, 0.4) is 0 Å². The fourth-order valence-corrected chi connectivity index (χ4v) is 1.37. The Bertz CT molecular complexity index is 195. The molecule has 0 aromatic heterocycles. The van der Waals surface area contributed by atoms with E-state index in [0.717, 1.165) is 6.42 Å². The maximum absolute atomic E-state index is 9.16. The molecular formula is C10H23N3O2. The molecule has 2 atom stereocenters. The number of hydrogen-bond donors (Lipinski definition) is 4. The molecule has 0 aliphatic carbocycles. The van der Waals surface area contributed by atoms with Crippen molar-refractivity contribution in [2.24, 2.45) is 16.8 Å². The van der Waals surface area contributed by atoms with Gasteiger partial charge in [-0.25, -0.2) is 0 Å². The van der Waals surface area contributed by atoms with E-state index in [2.05, 4.69) is 10.5 Å². The number of oxime groups is 1. The van der Waals surface area contributed by atoms with Crippen LogP contribution in [0.5, 0.6) is 0 Å². The molecule has 0 saturated carbocycles. The van der Waals surface area contributed by atoms with Gasteiger partial charge in [0.15, 0.2) is 0 Å². The fraction of sp³-hybridized carbons (Fsp3) is 0.900. The van der Waals surface area contributed by atoms with Gasteiger partial charge in [-0.15, -0.1) is 0 Å². The number of rotatable bonds is 7. The smallest absolute Gasteiger partial charge is 0.140 e. The average Bonchev–Trinajstić information content (AvgIpc) is 2.22.